The fourth-order valence-corrected chi connectivity index (χ4v) is 4.10. The summed E-state index contributed by atoms with van der Waals surface area (Å²) in [5.41, 5.74) is 3.36. The molecule has 0 saturated heterocycles. The molecule has 11 nitrogen and oxygen atoms in total. The molecule has 0 aliphatic rings. The third-order valence-corrected chi connectivity index (χ3v) is 6.22. The van der Waals surface area contributed by atoms with Crippen LogP contribution in [0.1, 0.15) is 43.6 Å². The zero-order chi connectivity index (χ0) is 29.4. The third kappa shape index (κ3) is 8.11. The van der Waals surface area contributed by atoms with Crippen LogP contribution in [0, 0.1) is 5.92 Å². The van der Waals surface area contributed by atoms with Crippen LogP contribution >= 0.6 is 0 Å². The molecule has 1 atom stereocenters. The molecule has 0 bridgehead atoms. The Bertz CT molecular complexity index is 1440. The molecule has 40 heavy (non-hydrogen) atoms. The number of Topliss-reactive ketones (excluding diaryl/α,β-unsaturated/α-hetero) is 1. The Morgan fingerprint density at radius 1 is 1.12 bits per heavy atom. The fourth-order valence-electron chi connectivity index (χ4n) is 4.10. The van der Waals surface area contributed by atoms with Gasteiger partial charge in [-0.3, -0.25) is 14.4 Å². The monoisotopic (exact) mass is 550 g/mol. The van der Waals surface area contributed by atoms with Crippen molar-refractivity contribution in [2.75, 3.05) is 28.2 Å². The van der Waals surface area contributed by atoms with E-state index in [0.29, 0.717) is 17.9 Å². The van der Waals surface area contributed by atoms with Gasteiger partial charge in [-0.05, 0) is 43.4 Å². The number of nitrogens with zero attached hydrogens (tertiary/aromatic N) is 5. The van der Waals surface area contributed by atoms with E-state index in [4.69, 9.17) is 4.74 Å². The van der Waals surface area contributed by atoms with E-state index in [1.54, 1.807) is 44.8 Å². The van der Waals surface area contributed by atoms with Gasteiger partial charge in [-0.1, -0.05) is 26.0 Å². The lowest BCUT2D eigenvalue weighted by Crippen LogP contribution is -2.35. The normalized spacial score (nSPS) is 12.2. The van der Waals surface area contributed by atoms with E-state index in [-0.39, 0.29) is 30.9 Å². The zero-order valence-corrected chi connectivity index (χ0v) is 24.0. The van der Waals surface area contributed by atoms with Crippen molar-refractivity contribution in [1.82, 2.24) is 29.3 Å². The average Bonchev–Trinajstić information content (AvgIpc) is 3.31. The largest absolute Gasteiger partial charge is 0.438 e. The first-order valence-corrected chi connectivity index (χ1v) is 13.2. The minimum absolute atomic E-state index is 0.184. The van der Waals surface area contributed by atoms with Crippen LogP contribution in [0.3, 0.4) is 0 Å². The molecule has 0 aliphatic carbocycles. The van der Waals surface area contributed by atoms with E-state index in [2.05, 4.69) is 28.8 Å². The molecule has 0 unspecified atom stereocenters. The highest BCUT2D eigenvalue weighted by atomic mass is 16.6. The van der Waals surface area contributed by atoms with Crippen molar-refractivity contribution >= 4 is 28.8 Å². The molecule has 11 heteroatoms. The van der Waals surface area contributed by atoms with E-state index in [9.17, 15) is 19.2 Å². The summed E-state index contributed by atoms with van der Waals surface area (Å²) in [6.45, 7) is 4.51. The maximum atomic E-state index is 13.3. The van der Waals surface area contributed by atoms with Crippen LogP contribution in [0.4, 0.5) is 4.79 Å². The van der Waals surface area contributed by atoms with Crippen LogP contribution in [0.25, 0.3) is 11.0 Å². The summed E-state index contributed by atoms with van der Waals surface area (Å²) in [5.74, 6) is -0.146. The number of ether oxygens (including phenoxy) is 1. The Hall–Kier alpha value is -4.28. The third-order valence-electron chi connectivity index (χ3n) is 6.22. The SMILES string of the molecule is CC(C)Cc1ncnc2cc(Cn3cccc(CC(=O)[C@H](CC/C=C/C(=O)N(C)C)OC(=O)N(C)C)c3=O)[nH]c12. The number of carbonyl (C=O) groups is 3. The zero-order valence-electron chi connectivity index (χ0n) is 24.0. The second-order valence-electron chi connectivity index (χ2n) is 10.6. The number of pyridine rings is 1. The van der Waals surface area contributed by atoms with Crippen molar-refractivity contribution in [3.63, 3.8) is 0 Å². The van der Waals surface area contributed by atoms with Crippen molar-refractivity contribution < 1.29 is 19.1 Å². The van der Waals surface area contributed by atoms with Gasteiger partial charge in [0.25, 0.3) is 5.56 Å². The Labute approximate surface area is 233 Å². The summed E-state index contributed by atoms with van der Waals surface area (Å²) in [7, 11) is 6.33. The van der Waals surface area contributed by atoms with Crippen LogP contribution < -0.4 is 5.56 Å². The van der Waals surface area contributed by atoms with Crippen molar-refractivity contribution in [1.29, 1.82) is 0 Å². The van der Waals surface area contributed by atoms with Crippen molar-refractivity contribution in [3.8, 4) is 0 Å². The molecule has 3 aromatic heterocycles. The number of aromatic nitrogens is 4. The van der Waals surface area contributed by atoms with Crippen LogP contribution in [-0.2, 0) is 33.7 Å². The van der Waals surface area contributed by atoms with Gasteiger partial charge >= 0.3 is 6.09 Å². The van der Waals surface area contributed by atoms with Gasteiger partial charge < -0.3 is 24.1 Å². The van der Waals surface area contributed by atoms with E-state index in [0.717, 1.165) is 28.8 Å². The minimum Gasteiger partial charge on any atom is -0.438 e. The number of carbonyl (C=O) groups excluding carboxylic acids is 3. The Morgan fingerprint density at radius 3 is 2.55 bits per heavy atom. The number of fused-ring (bicyclic) bond motifs is 1. The molecule has 1 N–H and O–H groups in total. The lowest BCUT2D eigenvalue weighted by atomic mass is 10.0. The van der Waals surface area contributed by atoms with Crippen molar-refractivity contribution in [2.24, 2.45) is 5.92 Å². The van der Waals surface area contributed by atoms with Gasteiger partial charge in [-0.15, -0.1) is 0 Å². The molecule has 3 heterocycles. The van der Waals surface area contributed by atoms with E-state index < -0.39 is 18.0 Å². The second kappa shape index (κ2) is 13.7. The highest BCUT2D eigenvalue weighted by Crippen LogP contribution is 2.19. The molecule has 2 amide bonds. The van der Waals surface area contributed by atoms with Gasteiger partial charge in [0.1, 0.15) is 6.33 Å². The van der Waals surface area contributed by atoms with E-state index in [1.807, 2.05) is 6.07 Å². The van der Waals surface area contributed by atoms with Gasteiger partial charge in [-0.25, -0.2) is 14.8 Å². The number of ketones is 1. The van der Waals surface area contributed by atoms with Crippen LogP contribution in [0.2, 0.25) is 0 Å². The standard InChI is InChI=1S/C29H38N6O5/c1-19(2)14-22-27-23(31-18-30-22)16-21(32-27)17-35-13-9-10-20(28(35)38)15-24(36)25(40-29(39)34(5)6)11-7-8-12-26(37)33(3)4/h8-10,12-13,16,18-19,25,32H,7,11,14-15,17H2,1-6H3/b12-8+/t25-/m0/s1. The second-order valence-corrected chi connectivity index (χ2v) is 10.6. The van der Waals surface area contributed by atoms with Crippen molar-refractivity contribution in [3.05, 3.63) is 70.2 Å². The number of hydrogen-bond donors (Lipinski definition) is 1. The molecule has 214 valence electrons. The number of allylic oxidation sites excluding steroid dienone is 1. The van der Waals surface area contributed by atoms with Gasteiger partial charge in [0.2, 0.25) is 5.91 Å². The first-order chi connectivity index (χ1) is 19.0. The highest BCUT2D eigenvalue weighted by Gasteiger charge is 2.24. The summed E-state index contributed by atoms with van der Waals surface area (Å²) in [6, 6.07) is 5.22. The number of hydrogen-bond acceptors (Lipinski definition) is 7. The Balaban J connectivity index is 1.77. The number of rotatable bonds is 12. The van der Waals surface area contributed by atoms with Crippen LogP contribution in [-0.4, -0.2) is 81.4 Å². The molecule has 3 aromatic rings. The predicted molar refractivity (Wildman–Crippen MR) is 152 cm³/mol. The molecular weight excluding hydrogens is 512 g/mol. The first-order valence-electron chi connectivity index (χ1n) is 13.2. The number of likely N-dealkylation sites (N-methyl/N-ethyl adjacent to an activating group) is 1. The maximum Gasteiger partial charge on any atom is 0.409 e. The maximum absolute atomic E-state index is 13.3. The Morgan fingerprint density at radius 2 is 1.88 bits per heavy atom. The lowest BCUT2D eigenvalue weighted by molar-refractivity contribution is -0.127. The summed E-state index contributed by atoms with van der Waals surface area (Å²) in [5, 5.41) is 0. The van der Waals surface area contributed by atoms with Crippen LogP contribution in [0.5, 0.6) is 0 Å². The molecular formula is C29H38N6O5. The molecule has 0 spiro atoms. The minimum atomic E-state index is -1.06. The number of amides is 2. The summed E-state index contributed by atoms with van der Waals surface area (Å²) >= 11 is 0. The lowest BCUT2D eigenvalue weighted by Gasteiger charge is -2.19. The molecule has 0 fully saturated rings. The van der Waals surface area contributed by atoms with Gasteiger partial charge in [0.15, 0.2) is 11.9 Å². The smallest absolute Gasteiger partial charge is 0.409 e. The van der Waals surface area contributed by atoms with E-state index in [1.165, 1.54) is 34.5 Å². The first kappa shape index (κ1) is 30.3. The predicted octanol–water partition coefficient (Wildman–Crippen LogP) is 2.97. The van der Waals surface area contributed by atoms with Gasteiger partial charge in [0, 0.05) is 52.1 Å². The quantitative estimate of drug-likeness (QED) is 0.343. The number of aromatic amines is 1. The van der Waals surface area contributed by atoms with E-state index >= 15 is 0 Å². The Kier molecular flexibility index (Phi) is 10.4. The topological polar surface area (TPSA) is 130 Å². The van der Waals surface area contributed by atoms with Gasteiger partial charge in [0.05, 0.1) is 23.3 Å². The van der Waals surface area contributed by atoms with Gasteiger partial charge in [-0.2, -0.15) is 0 Å². The summed E-state index contributed by atoms with van der Waals surface area (Å²) in [4.78, 5) is 65.3. The highest BCUT2D eigenvalue weighted by molar-refractivity contribution is 5.88. The molecule has 0 saturated carbocycles. The molecule has 0 aromatic carbocycles. The van der Waals surface area contributed by atoms with Crippen molar-refractivity contribution in [2.45, 2.75) is 52.2 Å². The number of H-pyrrole nitrogens is 1. The molecule has 0 aliphatic heterocycles. The number of nitrogens with one attached hydrogen (secondary N) is 1. The summed E-state index contributed by atoms with van der Waals surface area (Å²) in [6.07, 6.45) is 5.68. The fraction of sp³-hybridized carbons (Fsp3) is 0.448. The summed E-state index contributed by atoms with van der Waals surface area (Å²) < 4.78 is 6.95. The van der Waals surface area contributed by atoms with Crippen LogP contribution in [0.15, 0.2) is 47.7 Å². The molecule has 3 rings (SSSR count). The molecule has 0 radical (unpaired) electrons. The average molecular weight is 551 g/mol.